The molecule has 0 amide bonds. The lowest BCUT2D eigenvalue weighted by molar-refractivity contribution is -0.188. The third-order valence-electron chi connectivity index (χ3n) is 4.50. The molecule has 2 N–H and O–H groups in total. The van der Waals surface area contributed by atoms with E-state index in [2.05, 4.69) is 18.8 Å². The van der Waals surface area contributed by atoms with Gasteiger partial charge in [-0.1, -0.05) is 26.7 Å². The molecule has 2 aromatic rings. The van der Waals surface area contributed by atoms with Crippen LogP contribution < -0.4 is 4.90 Å². The number of carboxylic acid groups (broad SMARTS) is 2. The van der Waals surface area contributed by atoms with Crippen molar-refractivity contribution in [3.8, 4) is 11.1 Å². The average Bonchev–Trinajstić information content (AvgIpc) is 2.80. The summed E-state index contributed by atoms with van der Waals surface area (Å²) in [6.07, 6.45) is 1.08. The van der Waals surface area contributed by atoms with Gasteiger partial charge in [0.25, 0.3) is 0 Å². The van der Waals surface area contributed by atoms with Gasteiger partial charge >= 0.3 is 30.3 Å². The Morgan fingerprint density at radius 2 is 1.39 bits per heavy atom. The lowest BCUT2D eigenvalue weighted by atomic mass is 10.0. The SMILES string of the molecule is CCCC.CCN(c1ccc(F)c(-c2ccncc2)c1F)C(OC(=O)CC(=O)O)OC(=O)CC(=O)O. The summed E-state index contributed by atoms with van der Waals surface area (Å²) in [7, 11) is 0. The van der Waals surface area contributed by atoms with Crippen molar-refractivity contribution < 1.29 is 47.6 Å². The fourth-order valence-corrected chi connectivity index (χ4v) is 2.69. The van der Waals surface area contributed by atoms with E-state index >= 15 is 4.39 Å². The number of carbonyl (C=O) groups excluding carboxylic acids is 2. The Labute approximate surface area is 206 Å². The van der Waals surface area contributed by atoms with Crippen LogP contribution in [-0.4, -0.2) is 52.0 Å². The average molecular weight is 510 g/mol. The number of aliphatic carboxylic acids is 2. The molecule has 10 nitrogen and oxygen atoms in total. The van der Waals surface area contributed by atoms with Crippen molar-refractivity contribution in [1.29, 1.82) is 0 Å². The molecule has 0 bridgehead atoms. The molecule has 0 radical (unpaired) electrons. The molecular weight excluding hydrogens is 482 g/mol. The Hall–Kier alpha value is -4.09. The van der Waals surface area contributed by atoms with Gasteiger partial charge in [-0.3, -0.25) is 24.2 Å². The highest BCUT2D eigenvalue weighted by atomic mass is 19.1. The number of esters is 2. The topological polar surface area (TPSA) is 143 Å². The number of hydrogen-bond donors (Lipinski definition) is 2. The van der Waals surface area contributed by atoms with Gasteiger partial charge in [-0.2, -0.15) is 0 Å². The fraction of sp³-hybridized carbons (Fsp3) is 0.375. The molecule has 0 saturated carbocycles. The molecule has 2 rings (SSSR count). The van der Waals surface area contributed by atoms with Gasteiger partial charge in [-0.25, -0.2) is 8.78 Å². The third-order valence-corrected chi connectivity index (χ3v) is 4.50. The van der Waals surface area contributed by atoms with Crippen LogP contribution in [0.15, 0.2) is 36.7 Å². The summed E-state index contributed by atoms with van der Waals surface area (Å²) < 4.78 is 39.5. The molecule has 0 fully saturated rings. The van der Waals surface area contributed by atoms with Crippen LogP contribution in [0.3, 0.4) is 0 Å². The number of benzene rings is 1. The molecule has 12 heteroatoms. The second-order valence-corrected chi connectivity index (χ2v) is 7.21. The van der Waals surface area contributed by atoms with Gasteiger partial charge < -0.3 is 24.6 Å². The van der Waals surface area contributed by atoms with Gasteiger partial charge in [0.1, 0.15) is 18.7 Å². The number of unbranched alkanes of at least 4 members (excludes halogenated alkanes) is 1. The van der Waals surface area contributed by atoms with E-state index in [-0.39, 0.29) is 17.8 Å². The Bertz CT molecular complexity index is 1020. The van der Waals surface area contributed by atoms with Crippen LogP contribution in [0.25, 0.3) is 11.1 Å². The van der Waals surface area contributed by atoms with Crippen LogP contribution in [0, 0.1) is 11.6 Å². The first-order chi connectivity index (χ1) is 17.0. The number of pyridine rings is 1. The molecule has 1 aromatic carbocycles. The second-order valence-electron chi connectivity index (χ2n) is 7.21. The molecule has 0 atom stereocenters. The van der Waals surface area contributed by atoms with Crippen LogP contribution in [0.2, 0.25) is 0 Å². The fourth-order valence-electron chi connectivity index (χ4n) is 2.69. The number of carboxylic acids is 2. The highest BCUT2D eigenvalue weighted by Gasteiger charge is 2.30. The van der Waals surface area contributed by atoms with Gasteiger partial charge in [-0.05, 0) is 36.8 Å². The molecule has 0 aliphatic rings. The minimum absolute atomic E-state index is 0.148. The highest BCUT2D eigenvalue weighted by Crippen LogP contribution is 2.33. The number of anilines is 1. The van der Waals surface area contributed by atoms with Crippen molar-refractivity contribution >= 4 is 29.6 Å². The third kappa shape index (κ3) is 9.28. The number of nitrogens with zero attached hydrogens (tertiary/aromatic N) is 2. The number of aromatic nitrogens is 1. The van der Waals surface area contributed by atoms with E-state index in [4.69, 9.17) is 19.7 Å². The molecule has 0 spiro atoms. The predicted molar refractivity (Wildman–Crippen MR) is 124 cm³/mol. The second kappa shape index (κ2) is 15.0. The van der Waals surface area contributed by atoms with E-state index in [9.17, 15) is 23.6 Å². The number of hydrogen-bond acceptors (Lipinski definition) is 8. The number of ether oxygens (including phenoxy) is 2. The van der Waals surface area contributed by atoms with Crippen molar-refractivity contribution in [1.82, 2.24) is 4.98 Å². The summed E-state index contributed by atoms with van der Waals surface area (Å²) in [5.74, 6) is -7.74. The minimum atomic E-state index is -2.01. The van der Waals surface area contributed by atoms with Crippen LogP contribution in [0.1, 0.15) is 46.5 Å². The lowest BCUT2D eigenvalue weighted by Crippen LogP contribution is -2.43. The smallest absolute Gasteiger partial charge is 0.332 e. The predicted octanol–water partition coefficient (Wildman–Crippen LogP) is 3.98. The first-order valence-electron chi connectivity index (χ1n) is 11.0. The Kier molecular flexibility index (Phi) is 12.5. The van der Waals surface area contributed by atoms with E-state index in [1.165, 1.54) is 44.3 Å². The monoisotopic (exact) mass is 510 g/mol. The standard InChI is InChI=1S/C20H18F2N2O8.C4H10/c1-2-24(20(31-16(29)9-14(25)26)32-17(30)10-15(27)28)13-4-3-12(21)18(19(13)22)11-5-7-23-8-6-11;1-3-4-2/h3-8,20H,2,9-10H2,1H3,(H,25,26)(H,27,28);3-4H2,1-2H3. The largest absolute Gasteiger partial charge is 0.481 e. The summed E-state index contributed by atoms with van der Waals surface area (Å²) in [5, 5.41) is 17.5. The lowest BCUT2D eigenvalue weighted by Gasteiger charge is -2.31. The molecular formula is C24H28F2N2O8. The summed E-state index contributed by atoms with van der Waals surface area (Å²) >= 11 is 0. The maximum absolute atomic E-state index is 15.3. The van der Waals surface area contributed by atoms with Crippen molar-refractivity contribution in [2.45, 2.75) is 52.9 Å². The molecule has 0 saturated heterocycles. The Balaban J connectivity index is 0.00000150. The van der Waals surface area contributed by atoms with E-state index in [0.29, 0.717) is 0 Å². The Morgan fingerprint density at radius 1 is 0.889 bits per heavy atom. The van der Waals surface area contributed by atoms with E-state index in [1.54, 1.807) is 0 Å². The summed E-state index contributed by atoms with van der Waals surface area (Å²) in [6, 6.07) is 4.66. The number of halogens is 2. The quantitative estimate of drug-likeness (QED) is 0.259. The Morgan fingerprint density at radius 3 is 1.81 bits per heavy atom. The molecule has 1 heterocycles. The molecule has 0 aliphatic heterocycles. The van der Waals surface area contributed by atoms with Gasteiger partial charge in [0.15, 0.2) is 5.82 Å². The highest BCUT2D eigenvalue weighted by molar-refractivity contribution is 5.91. The van der Waals surface area contributed by atoms with Gasteiger partial charge in [-0.15, -0.1) is 0 Å². The number of carbonyl (C=O) groups is 4. The minimum Gasteiger partial charge on any atom is -0.481 e. The maximum atomic E-state index is 15.3. The molecule has 0 aliphatic carbocycles. The summed E-state index contributed by atoms with van der Waals surface area (Å²) in [5.41, 5.74) is -0.636. The van der Waals surface area contributed by atoms with Crippen molar-refractivity contribution in [3.05, 3.63) is 48.3 Å². The van der Waals surface area contributed by atoms with Crippen molar-refractivity contribution in [3.63, 3.8) is 0 Å². The van der Waals surface area contributed by atoms with Gasteiger partial charge in [0.2, 0.25) is 0 Å². The van der Waals surface area contributed by atoms with Crippen LogP contribution in [0.4, 0.5) is 14.5 Å². The van der Waals surface area contributed by atoms with Gasteiger partial charge in [0.05, 0.1) is 11.3 Å². The van der Waals surface area contributed by atoms with Crippen LogP contribution in [-0.2, 0) is 28.7 Å². The van der Waals surface area contributed by atoms with Gasteiger partial charge in [0, 0.05) is 18.9 Å². The van der Waals surface area contributed by atoms with E-state index < -0.39 is 60.3 Å². The molecule has 1 aromatic heterocycles. The van der Waals surface area contributed by atoms with E-state index in [1.807, 2.05) is 0 Å². The normalized spacial score (nSPS) is 10.2. The molecule has 196 valence electrons. The first kappa shape index (κ1) is 29.9. The maximum Gasteiger partial charge on any atom is 0.332 e. The number of rotatable bonds is 11. The zero-order valence-corrected chi connectivity index (χ0v) is 20.1. The molecule has 36 heavy (non-hydrogen) atoms. The van der Waals surface area contributed by atoms with Crippen molar-refractivity contribution in [2.24, 2.45) is 0 Å². The van der Waals surface area contributed by atoms with Crippen LogP contribution >= 0.6 is 0 Å². The van der Waals surface area contributed by atoms with E-state index in [0.717, 1.165) is 17.0 Å². The van der Waals surface area contributed by atoms with Crippen molar-refractivity contribution in [2.75, 3.05) is 11.4 Å². The zero-order valence-electron chi connectivity index (χ0n) is 20.1. The summed E-state index contributed by atoms with van der Waals surface area (Å²) in [4.78, 5) is 49.9. The molecule has 0 unspecified atom stereocenters. The van der Waals surface area contributed by atoms with Crippen LogP contribution in [0.5, 0.6) is 0 Å². The first-order valence-corrected chi connectivity index (χ1v) is 11.0. The summed E-state index contributed by atoms with van der Waals surface area (Å²) in [6.45, 7) is 5.65. The zero-order chi connectivity index (χ0) is 27.3.